The Hall–Kier alpha value is 0. The van der Waals surface area contributed by atoms with Gasteiger partial charge in [0.2, 0.25) is 0 Å². The summed E-state index contributed by atoms with van der Waals surface area (Å²) in [5, 5.41) is 0. The average molecular weight is 83.2 g/mol. The predicted molar refractivity (Wildman–Crippen MR) is 27.3 cm³/mol. The van der Waals surface area contributed by atoms with Crippen LogP contribution in [0.2, 0.25) is 0 Å². The normalized spacial score (nSPS) is 29.0. The lowest BCUT2D eigenvalue weighted by atomic mass is 9.72. The van der Waals surface area contributed by atoms with Gasteiger partial charge in [0.15, 0.2) is 0 Å². The molecule has 1 aliphatic rings. The summed E-state index contributed by atoms with van der Waals surface area (Å²) in [7, 11) is 0. The minimum Gasteiger partial charge on any atom is -0.0599 e. The molecule has 0 spiro atoms. The van der Waals surface area contributed by atoms with Crippen LogP contribution in [0.15, 0.2) is 0 Å². The zero-order valence-corrected chi connectivity index (χ0v) is 4.49. The summed E-state index contributed by atoms with van der Waals surface area (Å²) in [6.45, 7) is 4.60. The molecule has 35 valence electrons. The first kappa shape index (κ1) is 4.17. The van der Waals surface area contributed by atoms with Gasteiger partial charge in [-0.15, -0.1) is 0 Å². The van der Waals surface area contributed by atoms with Crippen molar-refractivity contribution >= 4 is 0 Å². The minimum absolute atomic E-state index is 0.667. The minimum atomic E-state index is 0.667. The smallest absolute Gasteiger partial charge is 0.0349 e. The fraction of sp³-hybridized carbons (Fsp3) is 0.833. The number of hydrogen-bond donors (Lipinski definition) is 0. The van der Waals surface area contributed by atoms with Crippen LogP contribution >= 0.6 is 0 Å². The quantitative estimate of drug-likeness (QED) is 0.420. The van der Waals surface area contributed by atoms with Crippen molar-refractivity contribution in [2.24, 2.45) is 5.41 Å². The fourth-order valence-corrected chi connectivity index (χ4v) is 0.722. The second-order valence-corrected chi connectivity index (χ2v) is 2.86. The molecule has 0 nitrogen and oxygen atoms in total. The number of hydrogen-bond acceptors (Lipinski definition) is 0. The van der Waals surface area contributed by atoms with E-state index < -0.39 is 0 Å². The molecule has 0 aromatic rings. The molecular weight excluding hydrogens is 72.1 g/mol. The lowest BCUT2D eigenvalue weighted by Crippen LogP contribution is -2.20. The van der Waals surface area contributed by atoms with Crippen LogP contribution in [0.4, 0.5) is 0 Å². The van der Waals surface area contributed by atoms with Crippen LogP contribution < -0.4 is 0 Å². The van der Waals surface area contributed by atoms with Crippen molar-refractivity contribution in [1.29, 1.82) is 0 Å². The van der Waals surface area contributed by atoms with Crippen molar-refractivity contribution in [1.82, 2.24) is 0 Å². The van der Waals surface area contributed by atoms with Crippen LogP contribution in [0.1, 0.15) is 26.7 Å². The first-order chi connectivity index (χ1) is 2.71. The summed E-state index contributed by atoms with van der Waals surface area (Å²) in [6.07, 6.45) is 4.99. The van der Waals surface area contributed by atoms with Gasteiger partial charge in [-0.3, -0.25) is 0 Å². The van der Waals surface area contributed by atoms with E-state index in [1.54, 1.807) is 0 Å². The maximum atomic E-state index is 2.33. The van der Waals surface area contributed by atoms with E-state index in [1.165, 1.54) is 12.8 Å². The summed E-state index contributed by atoms with van der Waals surface area (Å²) < 4.78 is 0. The van der Waals surface area contributed by atoms with Gasteiger partial charge in [-0.25, -0.2) is 0 Å². The van der Waals surface area contributed by atoms with Gasteiger partial charge in [-0.05, 0) is 24.7 Å². The van der Waals surface area contributed by atoms with Gasteiger partial charge < -0.3 is 0 Å². The highest BCUT2D eigenvalue weighted by Crippen LogP contribution is 2.37. The van der Waals surface area contributed by atoms with Gasteiger partial charge in [0.1, 0.15) is 0 Å². The molecule has 1 rings (SSSR count). The maximum absolute atomic E-state index is 2.33. The molecular formula is C6H11. The number of rotatable bonds is 0. The highest BCUT2D eigenvalue weighted by atomic mass is 14.3. The Bertz CT molecular complexity index is 47.1. The summed E-state index contributed by atoms with van der Waals surface area (Å²) >= 11 is 0. The fourth-order valence-electron chi connectivity index (χ4n) is 0.722. The molecule has 0 bridgehead atoms. The van der Waals surface area contributed by atoms with Crippen LogP contribution in [-0.4, -0.2) is 0 Å². The van der Waals surface area contributed by atoms with Crippen molar-refractivity contribution in [3.63, 3.8) is 0 Å². The maximum Gasteiger partial charge on any atom is -0.0349 e. The van der Waals surface area contributed by atoms with Gasteiger partial charge in [-0.1, -0.05) is 13.8 Å². The van der Waals surface area contributed by atoms with Crippen LogP contribution in [0.25, 0.3) is 0 Å². The molecule has 1 aliphatic carbocycles. The Morgan fingerprint density at radius 1 is 1.33 bits per heavy atom. The molecule has 0 N–H and O–H groups in total. The second kappa shape index (κ2) is 0.988. The molecule has 1 saturated carbocycles. The van der Waals surface area contributed by atoms with Crippen molar-refractivity contribution in [2.75, 3.05) is 0 Å². The molecule has 0 heterocycles. The van der Waals surface area contributed by atoms with Crippen molar-refractivity contribution in [3.8, 4) is 0 Å². The van der Waals surface area contributed by atoms with Crippen molar-refractivity contribution in [3.05, 3.63) is 6.42 Å². The molecule has 1 fully saturated rings. The largest absolute Gasteiger partial charge is 0.0599 e. The Kier molecular flexibility index (Phi) is 0.686. The zero-order chi connectivity index (χ0) is 4.62. The standard InChI is InChI=1S/C6H11/c1-6(2)4-3-5-6/h3H,4-5H2,1-2H3. The average Bonchev–Trinajstić information content (AvgIpc) is 1.32. The Balaban J connectivity index is 2.31. The van der Waals surface area contributed by atoms with Gasteiger partial charge in [-0.2, -0.15) is 0 Å². The molecule has 0 amide bonds. The highest BCUT2D eigenvalue weighted by Gasteiger charge is 2.25. The molecule has 0 heteroatoms. The lowest BCUT2D eigenvalue weighted by Gasteiger charge is -2.33. The first-order valence-corrected chi connectivity index (χ1v) is 2.52. The Morgan fingerprint density at radius 2 is 1.67 bits per heavy atom. The monoisotopic (exact) mass is 83.1 g/mol. The Labute approximate surface area is 39.6 Å². The van der Waals surface area contributed by atoms with E-state index in [1.807, 2.05) is 0 Å². The van der Waals surface area contributed by atoms with Crippen LogP contribution in [0.3, 0.4) is 0 Å². The molecule has 0 aromatic carbocycles. The molecule has 0 saturated heterocycles. The van der Waals surface area contributed by atoms with E-state index in [0.717, 1.165) is 0 Å². The van der Waals surface area contributed by atoms with Crippen LogP contribution in [0.5, 0.6) is 0 Å². The predicted octanol–water partition coefficient (Wildman–Crippen LogP) is 2.01. The van der Waals surface area contributed by atoms with E-state index in [2.05, 4.69) is 20.3 Å². The van der Waals surface area contributed by atoms with Gasteiger partial charge in [0.05, 0.1) is 0 Å². The van der Waals surface area contributed by atoms with Gasteiger partial charge >= 0.3 is 0 Å². The van der Waals surface area contributed by atoms with Crippen LogP contribution in [-0.2, 0) is 0 Å². The van der Waals surface area contributed by atoms with Crippen molar-refractivity contribution in [2.45, 2.75) is 26.7 Å². The van der Waals surface area contributed by atoms with E-state index in [9.17, 15) is 0 Å². The second-order valence-electron chi connectivity index (χ2n) is 2.86. The summed E-state index contributed by atoms with van der Waals surface area (Å²) in [4.78, 5) is 0. The topological polar surface area (TPSA) is 0 Å². The van der Waals surface area contributed by atoms with E-state index >= 15 is 0 Å². The summed E-state index contributed by atoms with van der Waals surface area (Å²) in [5.41, 5.74) is 0.667. The molecule has 6 heavy (non-hydrogen) atoms. The van der Waals surface area contributed by atoms with E-state index in [-0.39, 0.29) is 0 Å². The molecule has 0 atom stereocenters. The molecule has 0 aromatic heterocycles. The highest BCUT2D eigenvalue weighted by molar-refractivity contribution is 4.92. The van der Waals surface area contributed by atoms with Crippen molar-refractivity contribution < 1.29 is 0 Å². The summed E-state index contributed by atoms with van der Waals surface area (Å²) in [5.74, 6) is 0. The van der Waals surface area contributed by atoms with Gasteiger partial charge in [0, 0.05) is 0 Å². The van der Waals surface area contributed by atoms with Gasteiger partial charge in [0.25, 0.3) is 0 Å². The SMILES string of the molecule is CC1(C)C[CH]C1. The molecule has 0 unspecified atom stereocenters. The summed E-state index contributed by atoms with van der Waals surface area (Å²) in [6, 6.07) is 0. The van der Waals surface area contributed by atoms with Crippen LogP contribution in [0, 0.1) is 11.8 Å². The Morgan fingerprint density at radius 3 is 1.67 bits per heavy atom. The zero-order valence-electron chi connectivity index (χ0n) is 4.49. The molecule has 0 aliphatic heterocycles. The third kappa shape index (κ3) is 0.562. The third-order valence-corrected chi connectivity index (χ3v) is 1.39. The van der Waals surface area contributed by atoms with E-state index in [4.69, 9.17) is 0 Å². The molecule has 1 radical (unpaired) electrons. The first-order valence-electron chi connectivity index (χ1n) is 2.52. The third-order valence-electron chi connectivity index (χ3n) is 1.39. The lowest BCUT2D eigenvalue weighted by molar-refractivity contribution is 0.265. The van der Waals surface area contributed by atoms with E-state index in [0.29, 0.717) is 5.41 Å².